The first kappa shape index (κ1) is 11.4. The highest BCUT2D eigenvalue weighted by Crippen LogP contribution is 2.20. The fraction of sp³-hybridized carbons (Fsp3) is 1.00. The molecule has 2 unspecified atom stereocenters. The number of hydrogen-bond donors (Lipinski definition) is 2. The minimum Gasteiger partial charge on any atom is -0.314 e. The number of hydrogen-bond acceptors (Lipinski definition) is 2. The zero-order valence-electron chi connectivity index (χ0n) is 10.1. The van der Waals surface area contributed by atoms with Gasteiger partial charge in [-0.15, -0.1) is 0 Å². The number of rotatable bonds is 3. The van der Waals surface area contributed by atoms with E-state index in [1.54, 1.807) is 0 Å². The van der Waals surface area contributed by atoms with Gasteiger partial charge in [-0.1, -0.05) is 26.2 Å². The largest absolute Gasteiger partial charge is 0.314 e. The zero-order valence-corrected chi connectivity index (χ0v) is 10.1. The van der Waals surface area contributed by atoms with Crippen molar-refractivity contribution < 1.29 is 0 Å². The van der Waals surface area contributed by atoms with E-state index in [0.717, 1.165) is 18.1 Å². The molecule has 1 saturated heterocycles. The third kappa shape index (κ3) is 3.46. The summed E-state index contributed by atoms with van der Waals surface area (Å²) in [5.74, 6) is 0. The van der Waals surface area contributed by atoms with E-state index in [2.05, 4.69) is 17.6 Å². The molecule has 2 nitrogen and oxygen atoms in total. The summed E-state index contributed by atoms with van der Waals surface area (Å²) in [6.07, 6.45) is 11.1. The highest BCUT2D eigenvalue weighted by molar-refractivity contribution is 4.85. The van der Waals surface area contributed by atoms with E-state index in [0.29, 0.717) is 0 Å². The van der Waals surface area contributed by atoms with Crippen LogP contribution in [-0.4, -0.2) is 24.7 Å². The average molecular weight is 210 g/mol. The molecule has 0 radical (unpaired) electrons. The Morgan fingerprint density at radius 3 is 2.60 bits per heavy atom. The molecule has 0 spiro atoms. The summed E-state index contributed by atoms with van der Waals surface area (Å²) in [7, 11) is 0. The predicted octanol–water partition coefficient (Wildman–Crippen LogP) is 2.44. The van der Waals surface area contributed by atoms with Gasteiger partial charge in [0.1, 0.15) is 0 Å². The van der Waals surface area contributed by atoms with Gasteiger partial charge in [0.25, 0.3) is 0 Å². The van der Waals surface area contributed by atoms with Gasteiger partial charge in [-0.3, -0.25) is 0 Å². The predicted molar refractivity (Wildman–Crippen MR) is 65.1 cm³/mol. The van der Waals surface area contributed by atoms with Crippen LogP contribution in [0.2, 0.25) is 0 Å². The smallest absolute Gasteiger partial charge is 0.00965 e. The van der Waals surface area contributed by atoms with Crippen LogP contribution >= 0.6 is 0 Å². The lowest BCUT2D eigenvalue weighted by Gasteiger charge is -2.34. The SMILES string of the molecule is CCC1CC(NC2CCCCC2)CCN1. The molecule has 1 aliphatic heterocycles. The van der Waals surface area contributed by atoms with E-state index in [4.69, 9.17) is 0 Å². The third-order valence-corrected chi connectivity index (χ3v) is 4.06. The lowest BCUT2D eigenvalue weighted by atomic mass is 9.92. The van der Waals surface area contributed by atoms with Crippen molar-refractivity contribution in [2.24, 2.45) is 0 Å². The standard InChI is InChI=1S/C13H26N2/c1-2-11-10-13(8-9-14-11)15-12-6-4-3-5-7-12/h11-15H,2-10H2,1H3. The van der Waals surface area contributed by atoms with E-state index in [-0.39, 0.29) is 0 Å². The maximum absolute atomic E-state index is 3.88. The van der Waals surface area contributed by atoms with Gasteiger partial charge in [-0.05, 0) is 38.6 Å². The molecule has 0 bridgehead atoms. The Morgan fingerprint density at radius 1 is 1.07 bits per heavy atom. The molecule has 2 aliphatic rings. The molecule has 0 aromatic heterocycles. The van der Waals surface area contributed by atoms with Crippen LogP contribution in [0.4, 0.5) is 0 Å². The van der Waals surface area contributed by atoms with Crippen molar-refractivity contribution in [1.82, 2.24) is 10.6 Å². The Balaban J connectivity index is 1.72. The van der Waals surface area contributed by atoms with E-state index in [9.17, 15) is 0 Å². The first-order chi connectivity index (χ1) is 7.38. The van der Waals surface area contributed by atoms with Crippen LogP contribution in [0.1, 0.15) is 58.3 Å². The molecular formula is C13H26N2. The second-order valence-electron chi connectivity index (χ2n) is 5.28. The highest BCUT2D eigenvalue weighted by Gasteiger charge is 2.23. The first-order valence-electron chi connectivity index (χ1n) is 6.88. The summed E-state index contributed by atoms with van der Waals surface area (Å²) in [5.41, 5.74) is 0. The number of piperidine rings is 1. The molecule has 0 aromatic rings. The fourth-order valence-electron chi connectivity index (χ4n) is 3.07. The zero-order chi connectivity index (χ0) is 10.5. The second kappa shape index (κ2) is 5.86. The van der Waals surface area contributed by atoms with E-state index in [1.165, 1.54) is 57.9 Å². The molecule has 1 aliphatic carbocycles. The molecule has 1 heterocycles. The van der Waals surface area contributed by atoms with E-state index < -0.39 is 0 Å². The minimum absolute atomic E-state index is 0.764. The summed E-state index contributed by atoms with van der Waals surface area (Å²) >= 11 is 0. The van der Waals surface area contributed by atoms with Gasteiger partial charge in [0.2, 0.25) is 0 Å². The molecule has 2 fully saturated rings. The molecule has 1 saturated carbocycles. The Bertz CT molecular complexity index is 175. The molecule has 2 atom stereocenters. The van der Waals surface area contributed by atoms with Crippen LogP contribution in [0.5, 0.6) is 0 Å². The summed E-state index contributed by atoms with van der Waals surface area (Å²) in [6, 6.07) is 2.39. The normalized spacial score (nSPS) is 34.2. The van der Waals surface area contributed by atoms with Crippen molar-refractivity contribution in [2.75, 3.05) is 6.54 Å². The third-order valence-electron chi connectivity index (χ3n) is 4.06. The maximum Gasteiger partial charge on any atom is 0.00965 e. The van der Waals surface area contributed by atoms with Crippen molar-refractivity contribution >= 4 is 0 Å². The van der Waals surface area contributed by atoms with E-state index >= 15 is 0 Å². The Hall–Kier alpha value is -0.0800. The molecule has 88 valence electrons. The van der Waals surface area contributed by atoms with Gasteiger partial charge in [0.05, 0.1) is 0 Å². The van der Waals surface area contributed by atoms with Gasteiger partial charge in [-0.25, -0.2) is 0 Å². The monoisotopic (exact) mass is 210 g/mol. The Kier molecular flexibility index (Phi) is 4.45. The summed E-state index contributed by atoms with van der Waals surface area (Å²) in [6.45, 7) is 3.50. The van der Waals surface area contributed by atoms with Crippen LogP contribution in [0, 0.1) is 0 Å². The summed E-state index contributed by atoms with van der Waals surface area (Å²) < 4.78 is 0. The Morgan fingerprint density at radius 2 is 1.87 bits per heavy atom. The molecule has 0 aromatic carbocycles. The topological polar surface area (TPSA) is 24.1 Å². The first-order valence-corrected chi connectivity index (χ1v) is 6.88. The fourth-order valence-corrected chi connectivity index (χ4v) is 3.07. The number of nitrogens with one attached hydrogen (secondary N) is 2. The highest BCUT2D eigenvalue weighted by atomic mass is 15.0. The van der Waals surface area contributed by atoms with Crippen LogP contribution < -0.4 is 10.6 Å². The lowest BCUT2D eigenvalue weighted by molar-refractivity contribution is 0.264. The van der Waals surface area contributed by atoms with Crippen molar-refractivity contribution in [1.29, 1.82) is 0 Å². The molecule has 0 amide bonds. The molecule has 15 heavy (non-hydrogen) atoms. The lowest BCUT2D eigenvalue weighted by Crippen LogP contribution is -2.49. The average Bonchev–Trinajstić information content (AvgIpc) is 2.31. The van der Waals surface area contributed by atoms with Gasteiger partial charge in [-0.2, -0.15) is 0 Å². The molecule has 2 heteroatoms. The van der Waals surface area contributed by atoms with Crippen LogP contribution in [-0.2, 0) is 0 Å². The van der Waals surface area contributed by atoms with Crippen LogP contribution in [0.3, 0.4) is 0 Å². The van der Waals surface area contributed by atoms with Crippen molar-refractivity contribution in [2.45, 2.75) is 76.4 Å². The van der Waals surface area contributed by atoms with Crippen molar-refractivity contribution in [3.05, 3.63) is 0 Å². The Labute approximate surface area is 94.2 Å². The van der Waals surface area contributed by atoms with Crippen molar-refractivity contribution in [3.8, 4) is 0 Å². The van der Waals surface area contributed by atoms with E-state index in [1.807, 2.05) is 0 Å². The van der Waals surface area contributed by atoms with Gasteiger partial charge in [0.15, 0.2) is 0 Å². The molecular weight excluding hydrogens is 184 g/mol. The quantitative estimate of drug-likeness (QED) is 0.747. The van der Waals surface area contributed by atoms with Crippen LogP contribution in [0.15, 0.2) is 0 Å². The summed E-state index contributed by atoms with van der Waals surface area (Å²) in [5, 5.41) is 7.48. The molecule has 2 rings (SSSR count). The molecule has 2 N–H and O–H groups in total. The second-order valence-corrected chi connectivity index (χ2v) is 5.28. The van der Waals surface area contributed by atoms with Gasteiger partial charge in [0, 0.05) is 18.1 Å². The van der Waals surface area contributed by atoms with Crippen LogP contribution in [0.25, 0.3) is 0 Å². The summed E-state index contributed by atoms with van der Waals surface area (Å²) in [4.78, 5) is 0. The van der Waals surface area contributed by atoms with Gasteiger partial charge >= 0.3 is 0 Å². The maximum atomic E-state index is 3.88. The van der Waals surface area contributed by atoms with Gasteiger partial charge < -0.3 is 10.6 Å². The van der Waals surface area contributed by atoms with Crippen molar-refractivity contribution in [3.63, 3.8) is 0 Å². The minimum atomic E-state index is 0.764.